The van der Waals surface area contributed by atoms with Crippen LogP contribution in [-0.2, 0) is 0 Å². The second-order valence-electron chi connectivity index (χ2n) is 15.3. The molecule has 0 aliphatic heterocycles. The van der Waals surface area contributed by atoms with Crippen molar-refractivity contribution in [1.82, 2.24) is 40.4 Å². The molecule has 62 heavy (non-hydrogen) atoms. The summed E-state index contributed by atoms with van der Waals surface area (Å²) in [6.07, 6.45) is 2.48. The highest BCUT2D eigenvalue weighted by molar-refractivity contribution is 6.15. The van der Waals surface area contributed by atoms with Crippen molar-refractivity contribution in [3.05, 3.63) is 106 Å². The van der Waals surface area contributed by atoms with Crippen LogP contribution in [0.3, 0.4) is 0 Å². The van der Waals surface area contributed by atoms with Gasteiger partial charge in [0.25, 0.3) is 11.9 Å². The topological polar surface area (TPSA) is 257 Å². The Morgan fingerprint density at radius 3 is 1.26 bits per heavy atom. The van der Waals surface area contributed by atoms with Gasteiger partial charge in [0.05, 0.1) is 34.9 Å². The molecule has 8 aromatic rings. The number of fused-ring (bicyclic) bond motifs is 2. The molecule has 0 spiro atoms. The third-order valence-electron chi connectivity index (χ3n) is 10.6. The number of aromatic nitrogens is 8. The van der Waals surface area contributed by atoms with Gasteiger partial charge >= 0.3 is 0 Å². The summed E-state index contributed by atoms with van der Waals surface area (Å²) in [4.78, 5) is 0. The molecule has 2 heterocycles. The molecule has 0 aliphatic carbocycles. The average Bonchev–Trinajstić information content (AvgIpc) is 3.92. The average molecular weight is 835 g/mol. The van der Waals surface area contributed by atoms with E-state index in [0.29, 0.717) is 44.4 Å². The van der Waals surface area contributed by atoms with E-state index >= 15 is 0 Å². The fourth-order valence-electron chi connectivity index (χ4n) is 7.93. The van der Waals surface area contributed by atoms with Gasteiger partial charge in [-0.25, -0.2) is 10.9 Å². The maximum Gasteiger partial charge on any atom is 0.268 e. The first-order chi connectivity index (χ1) is 29.8. The summed E-state index contributed by atoms with van der Waals surface area (Å²) >= 11 is 0. The highest BCUT2D eigenvalue weighted by atomic mass is 16.3. The summed E-state index contributed by atoms with van der Waals surface area (Å²) in [5.41, 5.74) is 8.99. The third kappa shape index (κ3) is 6.82. The quantitative estimate of drug-likeness (QED) is 0.0355. The van der Waals surface area contributed by atoms with Crippen molar-refractivity contribution >= 4 is 45.9 Å². The Labute approximate surface area is 353 Å². The summed E-state index contributed by atoms with van der Waals surface area (Å²) < 4.78 is 2.84. The Bertz CT molecular complexity index is 2860. The molecule has 0 radical (unpaired) electrons. The molecule has 0 saturated heterocycles. The molecule has 2 aromatic heterocycles. The second-order valence-corrected chi connectivity index (χ2v) is 15.3. The van der Waals surface area contributed by atoms with Crippen LogP contribution in [0, 0.1) is 13.8 Å². The molecule has 0 fully saturated rings. The summed E-state index contributed by atoms with van der Waals surface area (Å²) in [6, 6.07) is 21.8. The lowest BCUT2D eigenvalue weighted by atomic mass is 9.83. The zero-order valence-corrected chi connectivity index (χ0v) is 34.4. The Morgan fingerprint density at radius 2 is 0.903 bits per heavy atom. The first kappa shape index (κ1) is 40.5. The number of aromatic hydroxyl groups is 6. The molecule has 8 N–H and O–H groups in total. The van der Waals surface area contributed by atoms with E-state index in [-0.39, 0.29) is 79.8 Å². The van der Waals surface area contributed by atoms with Crippen molar-refractivity contribution < 1.29 is 30.6 Å². The zero-order valence-electron chi connectivity index (χ0n) is 34.4. The predicted molar refractivity (Wildman–Crippen MR) is 235 cm³/mol. The number of nitrogens with one attached hydrogen (secondary N) is 2. The van der Waals surface area contributed by atoms with E-state index in [0.717, 1.165) is 0 Å². The summed E-state index contributed by atoms with van der Waals surface area (Å²) in [6.45, 7) is 10.9. The lowest BCUT2D eigenvalue weighted by Crippen LogP contribution is -2.04. The van der Waals surface area contributed by atoms with Gasteiger partial charge in [0.1, 0.15) is 11.5 Å². The Hall–Kier alpha value is -8.28. The third-order valence-corrected chi connectivity index (χ3v) is 10.6. The molecule has 0 atom stereocenters. The number of tetrazole rings is 2. The van der Waals surface area contributed by atoms with Crippen molar-refractivity contribution in [2.75, 3.05) is 10.9 Å². The van der Waals surface area contributed by atoms with Crippen LogP contribution < -0.4 is 10.9 Å². The number of hydrogen-bond acceptors (Lipinski definition) is 16. The van der Waals surface area contributed by atoms with Crippen LogP contribution >= 0.6 is 0 Å². The predicted octanol–water partition coefficient (Wildman–Crippen LogP) is 7.60. The molecule has 6 aromatic carbocycles. The largest absolute Gasteiger partial charge is 0.507 e. The Kier molecular flexibility index (Phi) is 10.5. The lowest BCUT2D eigenvalue weighted by Gasteiger charge is -2.23. The van der Waals surface area contributed by atoms with Crippen LogP contribution in [0.1, 0.15) is 72.9 Å². The van der Waals surface area contributed by atoms with Crippen molar-refractivity contribution in [1.29, 1.82) is 0 Å². The normalized spacial score (nSPS) is 11.9. The number of para-hydroxylation sites is 2. The zero-order chi connectivity index (χ0) is 44.0. The van der Waals surface area contributed by atoms with E-state index in [1.54, 1.807) is 50.2 Å². The highest BCUT2D eigenvalue weighted by Gasteiger charge is 2.30. The monoisotopic (exact) mass is 834 g/mol. The molecule has 0 bridgehead atoms. The number of hydrogen-bond donors (Lipinski definition) is 8. The molecular formula is C44H42N12O6. The number of phenolic OH excluding ortho intramolecular Hbond substituents is 6. The van der Waals surface area contributed by atoms with Gasteiger partial charge in [0.2, 0.25) is 0 Å². The van der Waals surface area contributed by atoms with Gasteiger partial charge in [-0.1, -0.05) is 86.4 Å². The molecule has 0 saturated carbocycles. The number of phenols is 6. The van der Waals surface area contributed by atoms with Gasteiger partial charge in [-0.3, -0.25) is 0 Å². The molecule has 0 amide bonds. The van der Waals surface area contributed by atoms with Crippen molar-refractivity contribution in [3.63, 3.8) is 0 Å². The van der Waals surface area contributed by atoms with E-state index in [4.69, 9.17) is 0 Å². The van der Waals surface area contributed by atoms with E-state index in [9.17, 15) is 30.6 Å². The Balaban J connectivity index is 1.31. The van der Waals surface area contributed by atoms with Crippen molar-refractivity contribution in [3.8, 4) is 57.0 Å². The van der Waals surface area contributed by atoms with Crippen LogP contribution in [0.2, 0.25) is 0 Å². The van der Waals surface area contributed by atoms with Crippen LogP contribution in [0.25, 0.3) is 44.0 Å². The molecule has 0 aliphatic rings. The summed E-state index contributed by atoms with van der Waals surface area (Å²) in [5, 5.41) is 104. The second kappa shape index (κ2) is 16.1. The molecule has 8 rings (SSSR count). The van der Waals surface area contributed by atoms with Crippen molar-refractivity contribution in [2.24, 2.45) is 10.2 Å². The smallest absolute Gasteiger partial charge is 0.268 e. The maximum absolute atomic E-state index is 12.5. The molecule has 314 valence electrons. The van der Waals surface area contributed by atoms with Crippen molar-refractivity contribution in [2.45, 2.75) is 53.4 Å². The minimum Gasteiger partial charge on any atom is -0.507 e. The molecule has 0 unspecified atom stereocenters. The van der Waals surface area contributed by atoms with Gasteiger partial charge in [0, 0.05) is 33.0 Å². The molecular weight excluding hydrogens is 793 g/mol. The van der Waals surface area contributed by atoms with Crippen LogP contribution in [0.15, 0.2) is 83.0 Å². The van der Waals surface area contributed by atoms with E-state index < -0.39 is 11.5 Å². The number of rotatable bonds is 11. The van der Waals surface area contributed by atoms with Crippen LogP contribution in [0.5, 0.6) is 34.5 Å². The Morgan fingerprint density at radius 1 is 0.532 bits per heavy atom. The van der Waals surface area contributed by atoms with E-state index in [1.807, 2.05) is 64.1 Å². The number of benzene rings is 6. The van der Waals surface area contributed by atoms with Gasteiger partial charge in [-0.15, -0.1) is 0 Å². The number of aryl methyl sites for hydroxylation is 2. The van der Waals surface area contributed by atoms with Gasteiger partial charge in [-0.2, -0.15) is 19.6 Å². The standard InChI is InChI=1S/C44H42N12O6/c1-21(2)31-27-17-23(5)33(39(59)35(27)29(37(57)41(31)61)19-45-47-43-49-51-53-55(43)25-13-9-7-10-14-25)34-24(6)18-28-32(22(3)4)42(62)38(58)30(36(28)40(34)60)20-46-48-44-50-52-54-56(44)26-15-11-8-12-16-26/h7-22,57-62H,1-6H3,(H,47,49,53)(H,48,50,54)/b45-19-,46-20-. The minimum absolute atomic E-state index is 0.0359. The molecule has 18 nitrogen and oxygen atoms in total. The fourth-order valence-corrected chi connectivity index (χ4v) is 7.93. The van der Waals surface area contributed by atoms with Gasteiger partial charge in [0.15, 0.2) is 23.0 Å². The molecule has 18 heteroatoms. The number of nitrogens with zero attached hydrogens (tertiary/aromatic N) is 10. The van der Waals surface area contributed by atoms with Gasteiger partial charge < -0.3 is 30.6 Å². The summed E-state index contributed by atoms with van der Waals surface area (Å²) in [5.74, 6) is -2.81. The fraction of sp³-hybridized carbons (Fsp3) is 0.182. The lowest BCUT2D eigenvalue weighted by molar-refractivity contribution is 0.398. The van der Waals surface area contributed by atoms with Gasteiger partial charge in [-0.05, 0) is 92.7 Å². The first-order valence-corrected chi connectivity index (χ1v) is 19.5. The first-order valence-electron chi connectivity index (χ1n) is 19.5. The highest BCUT2D eigenvalue weighted by Crippen LogP contribution is 2.54. The van der Waals surface area contributed by atoms with Crippen LogP contribution in [-0.4, -0.2) is 83.5 Å². The SMILES string of the molecule is Cc1cc2c(C(C)C)c(O)c(O)c(/C=N\Nc3nnnn3-c3ccccc3)c2c(O)c1-c1c(C)cc2c(C(C)C)c(O)c(O)c(/C=N\Nc3nnnn3-c3ccccc3)c2c1O. The minimum atomic E-state index is -0.537. The van der Waals surface area contributed by atoms with Crippen LogP contribution in [0.4, 0.5) is 11.9 Å². The maximum atomic E-state index is 12.5. The van der Waals surface area contributed by atoms with E-state index in [2.05, 4.69) is 52.1 Å². The number of hydrazone groups is 2. The van der Waals surface area contributed by atoms with E-state index in [1.165, 1.54) is 21.8 Å². The summed E-state index contributed by atoms with van der Waals surface area (Å²) in [7, 11) is 0. The number of anilines is 2.